The molecule has 0 amide bonds. The molecule has 0 aliphatic heterocycles. The second-order valence-electron chi connectivity index (χ2n) is 4.90. The fourth-order valence-corrected chi connectivity index (χ4v) is 2.53. The van der Waals surface area contributed by atoms with Crippen LogP contribution in [0.2, 0.25) is 0 Å². The van der Waals surface area contributed by atoms with Crippen LogP contribution in [0.15, 0.2) is 47.6 Å². The average molecular weight is 323 g/mol. The second-order valence-corrected chi connectivity index (χ2v) is 4.90. The van der Waals surface area contributed by atoms with Gasteiger partial charge in [-0.25, -0.2) is 9.50 Å². The standard InChI is InChI=1S/C14H9N7O3/c15-13-12-11(8-1-3-9(4-2-8)21(22)23)10(14-19-17-7-24-14)5-20(12)18-6-16-13/h1-7H,(H2,15,16,18). The van der Waals surface area contributed by atoms with Gasteiger partial charge in [-0.3, -0.25) is 10.1 Å². The number of nitro groups is 1. The highest BCUT2D eigenvalue weighted by atomic mass is 16.6. The predicted molar refractivity (Wildman–Crippen MR) is 82.8 cm³/mol. The number of rotatable bonds is 3. The summed E-state index contributed by atoms with van der Waals surface area (Å²) in [7, 11) is 0. The van der Waals surface area contributed by atoms with E-state index in [2.05, 4.69) is 20.3 Å². The molecule has 10 nitrogen and oxygen atoms in total. The summed E-state index contributed by atoms with van der Waals surface area (Å²) in [6.07, 6.45) is 4.24. The molecule has 3 aromatic heterocycles. The SMILES string of the molecule is Nc1ncnn2cc(-c3nnco3)c(-c3ccc([N+](=O)[O-])cc3)c12. The monoisotopic (exact) mass is 323 g/mol. The lowest BCUT2D eigenvalue weighted by Gasteiger charge is -2.04. The lowest BCUT2D eigenvalue weighted by atomic mass is 10.0. The molecule has 3 heterocycles. The molecule has 0 atom stereocenters. The van der Waals surface area contributed by atoms with Gasteiger partial charge in [-0.15, -0.1) is 10.2 Å². The Kier molecular flexibility index (Phi) is 2.95. The number of hydrogen-bond donors (Lipinski definition) is 1. The van der Waals surface area contributed by atoms with Gasteiger partial charge in [-0.05, 0) is 17.7 Å². The Morgan fingerprint density at radius 3 is 2.71 bits per heavy atom. The van der Waals surface area contributed by atoms with Gasteiger partial charge in [0.1, 0.15) is 11.8 Å². The highest BCUT2D eigenvalue weighted by Crippen LogP contribution is 2.38. The Morgan fingerprint density at radius 2 is 2.04 bits per heavy atom. The molecule has 0 aliphatic carbocycles. The number of fused-ring (bicyclic) bond motifs is 1. The normalized spacial score (nSPS) is 11.0. The first-order valence-electron chi connectivity index (χ1n) is 6.78. The zero-order valence-electron chi connectivity index (χ0n) is 12.0. The Hall–Kier alpha value is -3.82. The van der Waals surface area contributed by atoms with Gasteiger partial charge in [0.05, 0.1) is 10.5 Å². The molecular weight excluding hydrogens is 314 g/mol. The number of anilines is 1. The summed E-state index contributed by atoms with van der Waals surface area (Å²) in [6, 6.07) is 6.08. The fraction of sp³-hybridized carbons (Fsp3) is 0. The average Bonchev–Trinajstić information content (AvgIpc) is 3.22. The molecule has 0 fully saturated rings. The molecule has 2 N–H and O–H groups in total. The first kappa shape index (κ1) is 13.8. The van der Waals surface area contributed by atoms with Crippen LogP contribution in [0.1, 0.15) is 0 Å². The van der Waals surface area contributed by atoms with E-state index in [1.165, 1.54) is 24.9 Å². The van der Waals surface area contributed by atoms with Crippen molar-refractivity contribution >= 4 is 17.0 Å². The van der Waals surface area contributed by atoms with E-state index < -0.39 is 4.92 Å². The summed E-state index contributed by atoms with van der Waals surface area (Å²) in [5.74, 6) is 0.553. The number of non-ortho nitro benzene ring substituents is 1. The summed E-state index contributed by atoms with van der Waals surface area (Å²) in [6.45, 7) is 0. The van der Waals surface area contributed by atoms with Crippen LogP contribution in [-0.4, -0.2) is 29.7 Å². The van der Waals surface area contributed by atoms with Gasteiger partial charge in [-0.1, -0.05) is 0 Å². The van der Waals surface area contributed by atoms with Crippen molar-refractivity contribution in [2.75, 3.05) is 5.73 Å². The first-order valence-corrected chi connectivity index (χ1v) is 6.78. The number of nitrogens with two attached hydrogens (primary N) is 1. The third-order valence-corrected chi connectivity index (χ3v) is 3.56. The van der Waals surface area contributed by atoms with Crippen molar-refractivity contribution in [1.29, 1.82) is 0 Å². The lowest BCUT2D eigenvalue weighted by molar-refractivity contribution is -0.384. The Morgan fingerprint density at radius 1 is 1.25 bits per heavy atom. The molecule has 0 bridgehead atoms. The molecule has 0 unspecified atom stereocenters. The molecule has 1 aromatic carbocycles. The van der Waals surface area contributed by atoms with Gasteiger partial charge in [0.15, 0.2) is 5.82 Å². The molecule has 0 aliphatic rings. The van der Waals surface area contributed by atoms with Crippen LogP contribution in [0.4, 0.5) is 11.5 Å². The van der Waals surface area contributed by atoms with Crippen LogP contribution < -0.4 is 5.73 Å². The third-order valence-electron chi connectivity index (χ3n) is 3.56. The predicted octanol–water partition coefficient (Wildman–Crippen LogP) is 1.94. The number of benzene rings is 1. The number of aromatic nitrogens is 5. The summed E-state index contributed by atoms with van der Waals surface area (Å²) in [5, 5.41) is 22.6. The maximum absolute atomic E-state index is 10.8. The smallest absolute Gasteiger partial charge is 0.269 e. The van der Waals surface area contributed by atoms with Gasteiger partial charge < -0.3 is 10.2 Å². The van der Waals surface area contributed by atoms with Crippen molar-refractivity contribution in [2.45, 2.75) is 0 Å². The highest BCUT2D eigenvalue weighted by molar-refractivity contribution is 5.96. The molecule has 0 spiro atoms. The summed E-state index contributed by atoms with van der Waals surface area (Å²) in [5.41, 5.74) is 8.50. The largest absolute Gasteiger partial charge is 0.423 e. The third kappa shape index (κ3) is 2.05. The zero-order valence-corrected chi connectivity index (χ0v) is 12.0. The fourth-order valence-electron chi connectivity index (χ4n) is 2.53. The molecule has 4 aromatic rings. The van der Waals surface area contributed by atoms with E-state index in [0.29, 0.717) is 22.2 Å². The van der Waals surface area contributed by atoms with Crippen LogP contribution in [0.3, 0.4) is 0 Å². The highest BCUT2D eigenvalue weighted by Gasteiger charge is 2.21. The molecule has 118 valence electrons. The van der Waals surface area contributed by atoms with E-state index in [1.54, 1.807) is 22.8 Å². The molecule has 0 saturated heterocycles. The molecule has 4 rings (SSSR count). The van der Waals surface area contributed by atoms with Crippen LogP contribution >= 0.6 is 0 Å². The molecular formula is C14H9N7O3. The van der Waals surface area contributed by atoms with E-state index in [0.717, 1.165) is 0 Å². The summed E-state index contributed by atoms with van der Waals surface area (Å²) >= 11 is 0. The number of nitro benzene ring substituents is 1. The summed E-state index contributed by atoms with van der Waals surface area (Å²) in [4.78, 5) is 14.4. The van der Waals surface area contributed by atoms with Gasteiger partial charge >= 0.3 is 0 Å². The number of nitrogens with zero attached hydrogens (tertiary/aromatic N) is 6. The van der Waals surface area contributed by atoms with Crippen LogP contribution in [0.25, 0.3) is 28.1 Å². The van der Waals surface area contributed by atoms with Crippen molar-refractivity contribution in [2.24, 2.45) is 0 Å². The van der Waals surface area contributed by atoms with Crippen molar-refractivity contribution in [1.82, 2.24) is 24.8 Å². The number of hydrogen-bond acceptors (Lipinski definition) is 8. The summed E-state index contributed by atoms with van der Waals surface area (Å²) < 4.78 is 6.83. The minimum Gasteiger partial charge on any atom is -0.423 e. The van der Waals surface area contributed by atoms with E-state index in [9.17, 15) is 10.1 Å². The van der Waals surface area contributed by atoms with Crippen molar-refractivity contribution in [3.63, 3.8) is 0 Å². The second kappa shape index (κ2) is 5.12. The van der Waals surface area contributed by atoms with E-state index in [1.807, 2.05) is 0 Å². The van der Waals surface area contributed by atoms with E-state index >= 15 is 0 Å². The number of nitrogen functional groups attached to an aromatic ring is 1. The minimum absolute atomic E-state index is 0.00849. The van der Waals surface area contributed by atoms with Gasteiger partial charge in [0.25, 0.3) is 5.69 Å². The van der Waals surface area contributed by atoms with Crippen LogP contribution in [-0.2, 0) is 0 Å². The van der Waals surface area contributed by atoms with E-state index in [-0.39, 0.29) is 17.4 Å². The molecule has 0 saturated carbocycles. The molecule has 10 heteroatoms. The van der Waals surface area contributed by atoms with Crippen molar-refractivity contribution in [3.8, 4) is 22.6 Å². The minimum atomic E-state index is -0.460. The maximum atomic E-state index is 10.8. The Labute approximate surface area is 133 Å². The maximum Gasteiger partial charge on any atom is 0.269 e. The Bertz CT molecular complexity index is 1040. The van der Waals surface area contributed by atoms with Gasteiger partial charge in [0, 0.05) is 23.9 Å². The zero-order chi connectivity index (χ0) is 16.7. The van der Waals surface area contributed by atoms with Gasteiger partial charge in [0.2, 0.25) is 12.3 Å². The van der Waals surface area contributed by atoms with Crippen LogP contribution in [0.5, 0.6) is 0 Å². The first-order chi connectivity index (χ1) is 11.6. The van der Waals surface area contributed by atoms with Crippen molar-refractivity contribution in [3.05, 3.63) is 53.3 Å². The molecule has 24 heavy (non-hydrogen) atoms. The van der Waals surface area contributed by atoms with Crippen LogP contribution in [0, 0.1) is 10.1 Å². The Balaban J connectivity index is 2.02. The topological polar surface area (TPSA) is 138 Å². The van der Waals surface area contributed by atoms with E-state index in [4.69, 9.17) is 10.2 Å². The molecule has 0 radical (unpaired) electrons. The van der Waals surface area contributed by atoms with Crippen molar-refractivity contribution < 1.29 is 9.34 Å². The lowest BCUT2D eigenvalue weighted by Crippen LogP contribution is -1.98. The quantitative estimate of drug-likeness (QED) is 0.445. The van der Waals surface area contributed by atoms with Gasteiger partial charge in [-0.2, -0.15) is 5.10 Å².